The van der Waals surface area contributed by atoms with Gasteiger partial charge in [-0.15, -0.1) is 0 Å². The van der Waals surface area contributed by atoms with E-state index in [4.69, 9.17) is 4.79 Å². The molecule has 0 fully saturated rings. The van der Waals surface area contributed by atoms with E-state index in [1.54, 1.807) is 0 Å². The van der Waals surface area contributed by atoms with Crippen molar-refractivity contribution in [2.45, 2.75) is 0 Å². The number of hydrogen-bond acceptors (Lipinski definition) is 1. The second-order valence-electron chi connectivity index (χ2n) is 0. The summed E-state index contributed by atoms with van der Waals surface area (Å²) < 4.78 is 0. The molecule has 0 saturated heterocycles. The van der Waals surface area contributed by atoms with Crippen LogP contribution in [0.3, 0.4) is 0 Å². The van der Waals surface area contributed by atoms with Gasteiger partial charge in [0.25, 0.3) is 0 Å². The smallest absolute Gasteiger partial charge is 0 e. The first-order valence-corrected chi connectivity index (χ1v) is 0.236. The summed E-state index contributed by atoms with van der Waals surface area (Å²) in [4.78, 5) is 7.75. The molecule has 8 heavy (non-hydrogen) atoms. The van der Waals surface area contributed by atoms with Crippen molar-refractivity contribution in [3.63, 3.8) is 0 Å². The maximum atomic E-state index is 7.75. The molecule has 0 aromatic carbocycles. The van der Waals surface area contributed by atoms with Gasteiger partial charge in [0.05, 0.1) is 0 Å². The fraction of sp³-hybridized carbons (Fsp3) is 0. The van der Waals surface area contributed by atoms with Crippen molar-refractivity contribution in [1.82, 2.24) is 0 Å². The predicted molar refractivity (Wildman–Crippen MR) is 32.4 cm³/mol. The summed E-state index contributed by atoms with van der Waals surface area (Å²) in [5, 5.41) is 0. The van der Waals surface area contributed by atoms with Crippen LogP contribution in [-0.4, -0.2) is 6.79 Å². The summed E-state index contributed by atoms with van der Waals surface area (Å²) in [7, 11) is 0. The van der Waals surface area contributed by atoms with Crippen molar-refractivity contribution < 1.29 is 37.5 Å². The van der Waals surface area contributed by atoms with Gasteiger partial charge < -0.3 is 34.5 Å². The van der Waals surface area contributed by atoms with Gasteiger partial charge in [0, 0.05) is 32.7 Å². The average molecular weight is 425 g/mol. The van der Waals surface area contributed by atoms with Gasteiger partial charge in [-0.25, -0.2) is 0 Å². The van der Waals surface area contributed by atoms with Gasteiger partial charge in [-0.1, -0.05) is 0 Å². The molecule has 0 heterocycles. The van der Waals surface area contributed by atoms with Crippen molar-refractivity contribution in [1.29, 1.82) is 0 Å². The fourth-order valence-corrected chi connectivity index (χ4v) is 0. The zero-order chi connectivity index (χ0) is 2.00. The Kier molecular flexibility index (Phi) is 329000. The summed E-state index contributed by atoms with van der Waals surface area (Å²) in [6, 6.07) is 0. The zero-order valence-corrected chi connectivity index (χ0v) is 11.7. The first kappa shape index (κ1) is 596. The predicted octanol–water partition coefficient (Wildman–Crippen LogP) is 1.52. The van der Waals surface area contributed by atoms with Crippen molar-refractivity contribution in [2.75, 3.05) is 0 Å². The zero-order valence-electron chi connectivity index (χ0n) is 5.92. The Morgan fingerprint density at radius 3 is 0.750 bits per heavy atom. The van der Waals surface area contributed by atoms with Crippen molar-refractivity contribution in [3.8, 4) is 0 Å². The summed E-state index contributed by atoms with van der Waals surface area (Å²) in [6.45, 7) is 3.25. The molecule has 0 aliphatic carbocycles. The normalized spacial score (nSPS) is 0.500. The van der Waals surface area contributed by atoms with Gasteiger partial charge in [-0.3, -0.25) is 6.79 Å². The molecule has 0 amide bonds. The monoisotopic (exact) mass is 421 g/mol. The molecule has 0 N–H and O–H groups in total. The number of carbonyl (C=O) groups excluding carboxylic acids is 1. The van der Waals surface area contributed by atoms with E-state index in [-0.39, 0.29) is 62.4 Å². The molecule has 0 rings (SSSR count). The average Bonchev–Trinajstić information content (AvgIpc) is 1.00. The minimum atomic E-state index is 0. The molecule has 0 aliphatic rings. The van der Waals surface area contributed by atoms with Gasteiger partial charge in [-0.05, 0) is 0 Å². The SMILES string of the molecule is [CH-]=O.[CH3-].[CH3-].[CH3-].[CH3-].[Cm].[Y]. The summed E-state index contributed by atoms with van der Waals surface area (Å²) >= 11 is 0. The molecular formula is C5H13CmOY-5. The minimum Gasteiger partial charge on any atom is -0.545 e. The Hall–Kier alpha value is -0.226. The maximum absolute atomic E-state index is 7.75. The van der Waals surface area contributed by atoms with Crippen LogP contribution in [0.4, 0.5) is 0 Å². The quantitative estimate of drug-likeness (QED) is 0.425. The first-order valence-electron chi connectivity index (χ1n) is 0.236. The number of hydrogen-bond donors (Lipinski definition) is 0. The van der Waals surface area contributed by atoms with E-state index in [0.717, 1.165) is 0 Å². The van der Waals surface area contributed by atoms with Gasteiger partial charge >= 0.3 is 0 Å². The van der Waals surface area contributed by atoms with Crippen LogP contribution in [-0.2, 0) is 37.5 Å². The second kappa shape index (κ2) is 4420. The Morgan fingerprint density at radius 2 is 0.750 bits per heavy atom. The molecule has 3 heteroatoms. The van der Waals surface area contributed by atoms with Crippen LogP contribution in [0.2, 0.25) is 0 Å². The third kappa shape index (κ3) is 2570. The van der Waals surface area contributed by atoms with E-state index in [9.17, 15) is 0 Å². The molecule has 0 aromatic heterocycles. The summed E-state index contributed by atoms with van der Waals surface area (Å²) in [5.41, 5.74) is 0. The Balaban J connectivity index is -0.000000000333. The minimum absolute atomic E-state index is 0. The van der Waals surface area contributed by atoms with Crippen LogP contribution in [0.15, 0.2) is 0 Å². The van der Waals surface area contributed by atoms with E-state index >= 15 is 0 Å². The molecule has 55 valence electrons. The molecule has 0 bridgehead atoms. The van der Waals surface area contributed by atoms with Crippen LogP contribution in [0.1, 0.15) is 0 Å². The van der Waals surface area contributed by atoms with Crippen LogP contribution in [0, 0.1) is 29.7 Å². The summed E-state index contributed by atoms with van der Waals surface area (Å²) in [6.07, 6.45) is 0. The van der Waals surface area contributed by atoms with Crippen molar-refractivity contribution in [2.24, 2.45) is 0 Å². The molecule has 0 aromatic rings. The fourth-order valence-electron chi connectivity index (χ4n) is 0. The van der Waals surface area contributed by atoms with E-state index in [0.29, 0.717) is 0 Å². The standard InChI is InChI=1S/CHO.4CH3.Cm.Y/c1-2;;;;;;/h1H;4*1H3;;/q5*-1;;. The molecule has 0 unspecified atom stereocenters. The Bertz CT molecular complexity index is 12.4. The maximum Gasteiger partial charge on any atom is 0 e. The van der Waals surface area contributed by atoms with Gasteiger partial charge in [-0.2, -0.15) is 0 Å². The topological polar surface area (TPSA) is 17.1 Å². The van der Waals surface area contributed by atoms with Crippen LogP contribution >= 0.6 is 0 Å². The van der Waals surface area contributed by atoms with Gasteiger partial charge in [0.15, 0.2) is 0 Å². The first-order chi connectivity index (χ1) is 1.00. The molecule has 0 atom stereocenters. The van der Waals surface area contributed by atoms with Crippen LogP contribution in [0.5, 0.6) is 0 Å². The largest absolute Gasteiger partial charge is 0.545 e. The van der Waals surface area contributed by atoms with Gasteiger partial charge in [0.2, 0.25) is 0 Å². The number of rotatable bonds is 0. The summed E-state index contributed by atoms with van der Waals surface area (Å²) in [5.74, 6) is 0. The Morgan fingerprint density at radius 1 is 0.750 bits per heavy atom. The van der Waals surface area contributed by atoms with E-state index < -0.39 is 0 Å². The van der Waals surface area contributed by atoms with Crippen LogP contribution in [0.25, 0.3) is 0 Å². The van der Waals surface area contributed by atoms with Crippen molar-refractivity contribution in [3.05, 3.63) is 29.7 Å². The van der Waals surface area contributed by atoms with E-state index in [1.807, 2.05) is 0 Å². The molecule has 1 nitrogen and oxygen atoms in total. The third-order valence-electron chi connectivity index (χ3n) is 0. The van der Waals surface area contributed by atoms with E-state index in [1.165, 1.54) is 0 Å². The van der Waals surface area contributed by atoms with Crippen molar-refractivity contribution >= 4 is 6.79 Å². The van der Waals surface area contributed by atoms with Gasteiger partial charge in [0.1, 0.15) is 0 Å². The van der Waals surface area contributed by atoms with Crippen LogP contribution < -0.4 is 0 Å². The third-order valence-corrected chi connectivity index (χ3v) is 0. The molecule has 0 saturated carbocycles. The van der Waals surface area contributed by atoms with E-state index in [2.05, 4.69) is 6.79 Å². The molecule has 0 aliphatic heterocycles. The molecular weight excluding hydrogens is 412 g/mol. The second-order valence-corrected chi connectivity index (χ2v) is 0. The Labute approximate surface area is 73.8 Å². The molecule has 0 spiro atoms. The molecule has 1 radical (unpaired) electrons.